The molecule has 0 radical (unpaired) electrons. The van der Waals surface area contributed by atoms with E-state index in [9.17, 15) is 9.18 Å². The molecule has 1 atom stereocenters. The average molecular weight is 370 g/mol. The Hall–Kier alpha value is -2.56. The zero-order chi connectivity index (χ0) is 19.1. The van der Waals surface area contributed by atoms with Crippen molar-refractivity contribution in [3.05, 3.63) is 59.9 Å². The van der Waals surface area contributed by atoms with E-state index in [4.69, 9.17) is 4.74 Å². The monoisotopic (exact) mass is 370 g/mol. The van der Waals surface area contributed by atoms with E-state index >= 15 is 0 Å². The lowest BCUT2D eigenvalue weighted by Gasteiger charge is -2.18. The molecule has 1 aliphatic rings. The standard InChI is InChI=1S/C22H27FN2O2/c1-2-27-21-10-3-17(4-11-21)5-12-22(26)24-15-18-13-14-25(16-18)20-8-6-19(23)7-9-20/h3-4,6-11,18H,2,5,12-16H2,1H3,(H,24,26). The van der Waals surface area contributed by atoms with Crippen molar-refractivity contribution in [2.24, 2.45) is 5.92 Å². The van der Waals surface area contributed by atoms with Gasteiger partial charge < -0.3 is 15.0 Å². The topological polar surface area (TPSA) is 41.6 Å². The van der Waals surface area contributed by atoms with Crippen LogP contribution in [0, 0.1) is 11.7 Å². The molecule has 144 valence electrons. The molecule has 1 N–H and O–H groups in total. The predicted octanol–water partition coefficient (Wildman–Crippen LogP) is 3.80. The number of anilines is 1. The normalized spacial score (nSPS) is 16.4. The maximum Gasteiger partial charge on any atom is 0.220 e. The molecule has 0 aromatic heterocycles. The van der Waals surface area contributed by atoms with Crippen LogP contribution in [0.4, 0.5) is 10.1 Å². The van der Waals surface area contributed by atoms with Gasteiger partial charge in [-0.25, -0.2) is 4.39 Å². The highest BCUT2D eigenvalue weighted by Gasteiger charge is 2.23. The van der Waals surface area contributed by atoms with Crippen LogP contribution in [-0.4, -0.2) is 32.1 Å². The molecule has 4 nitrogen and oxygen atoms in total. The zero-order valence-corrected chi connectivity index (χ0v) is 15.8. The Morgan fingerprint density at radius 1 is 1.19 bits per heavy atom. The van der Waals surface area contributed by atoms with Crippen LogP contribution in [0.3, 0.4) is 0 Å². The number of nitrogens with zero attached hydrogens (tertiary/aromatic N) is 1. The highest BCUT2D eigenvalue weighted by molar-refractivity contribution is 5.76. The summed E-state index contributed by atoms with van der Waals surface area (Å²) in [5, 5.41) is 3.06. The Kier molecular flexibility index (Phi) is 6.69. The van der Waals surface area contributed by atoms with Gasteiger partial charge in [-0.15, -0.1) is 0 Å². The molecule has 5 heteroatoms. The Bertz CT molecular complexity index is 731. The van der Waals surface area contributed by atoms with Crippen LogP contribution in [0.1, 0.15) is 25.3 Å². The fourth-order valence-electron chi connectivity index (χ4n) is 3.41. The molecular weight excluding hydrogens is 343 g/mol. The van der Waals surface area contributed by atoms with E-state index in [0.717, 1.165) is 42.9 Å². The lowest BCUT2D eigenvalue weighted by atomic mass is 10.1. The summed E-state index contributed by atoms with van der Waals surface area (Å²) < 4.78 is 18.5. The van der Waals surface area contributed by atoms with Gasteiger partial charge >= 0.3 is 0 Å². The lowest BCUT2D eigenvalue weighted by Crippen LogP contribution is -2.31. The molecule has 2 aromatic carbocycles. The first kappa shape index (κ1) is 19.2. The summed E-state index contributed by atoms with van der Waals surface area (Å²) in [6.45, 7) is 5.14. The highest BCUT2D eigenvalue weighted by atomic mass is 19.1. The second kappa shape index (κ2) is 9.40. The largest absolute Gasteiger partial charge is 0.494 e. The first-order valence-electron chi connectivity index (χ1n) is 9.63. The van der Waals surface area contributed by atoms with Crippen molar-refractivity contribution in [2.75, 3.05) is 31.1 Å². The third-order valence-corrected chi connectivity index (χ3v) is 4.94. The second-order valence-corrected chi connectivity index (χ2v) is 6.96. The van der Waals surface area contributed by atoms with Gasteiger partial charge in [-0.3, -0.25) is 4.79 Å². The summed E-state index contributed by atoms with van der Waals surface area (Å²) in [7, 11) is 0. The molecule has 0 saturated carbocycles. The minimum Gasteiger partial charge on any atom is -0.494 e. The van der Waals surface area contributed by atoms with Gasteiger partial charge in [0.2, 0.25) is 5.91 Å². The molecule has 0 spiro atoms. The highest BCUT2D eigenvalue weighted by Crippen LogP contribution is 2.23. The van der Waals surface area contributed by atoms with E-state index in [-0.39, 0.29) is 11.7 Å². The number of aryl methyl sites for hydroxylation is 1. The molecule has 1 fully saturated rings. The van der Waals surface area contributed by atoms with Crippen LogP contribution < -0.4 is 15.0 Å². The molecule has 2 aromatic rings. The van der Waals surface area contributed by atoms with E-state index in [1.807, 2.05) is 43.3 Å². The Balaban J connectivity index is 1.37. The SMILES string of the molecule is CCOc1ccc(CCC(=O)NCC2CCN(c3ccc(F)cc3)C2)cc1. The van der Waals surface area contributed by atoms with Gasteiger partial charge in [0.15, 0.2) is 0 Å². The van der Waals surface area contributed by atoms with Crippen LogP contribution in [0.2, 0.25) is 0 Å². The smallest absolute Gasteiger partial charge is 0.220 e. The number of rotatable bonds is 8. The van der Waals surface area contributed by atoms with Crippen molar-refractivity contribution in [1.82, 2.24) is 5.32 Å². The Morgan fingerprint density at radius 2 is 1.93 bits per heavy atom. The number of nitrogens with one attached hydrogen (secondary N) is 1. The maximum absolute atomic E-state index is 13.0. The summed E-state index contributed by atoms with van der Waals surface area (Å²) >= 11 is 0. The molecule has 3 rings (SSSR count). The Morgan fingerprint density at radius 3 is 2.63 bits per heavy atom. The zero-order valence-electron chi connectivity index (χ0n) is 15.8. The number of ether oxygens (including phenoxy) is 1. The van der Waals surface area contributed by atoms with Crippen LogP contribution in [-0.2, 0) is 11.2 Å². The van der Waals surface area contributed by atoms with E-state index in [1.54, 1.807) is 0 Å². The first-order valence-corrected chi connectivity index (χ1v) is 9.63. The molecule has 1 saturated heterocycles. The number of hydrogen-bond donors (Lipinski definition) is 1. The van der Waals surface area contributed by atoms with Crippen molar-refractivity contribution in [3.63, 3.8) is 0 Å². The van der Waals surface area contributed by atoms with Gasteiger partial charge in [0.1, 0.15) is 11.6 Å². The molecule has 0 aliphatic carbocycles. The minimum atomic E-state index is -0.214. The van der Waals surface area contributed by atoms with Gasteiger partial charge in [0.05, 0.1) is 6.61 Å². The predicted molar refractivity (Wildman–Crippen MR) is 106 cm³/mol. The second-order valence-electron chi connectivity index (χ2n) is 6.96. The summed E-state index contributed by atoms with van der Waals surface area (Å²) in [5.41, 5.74) is 2.18. The maximum atomic E-state index is 13.0. The van der Waals surface area contributed by atoms with Gasteiger partial charge in [-0.1, -0.05) is 12.1 Å². The summed E-state index contributed by atoms with van der Waals surface area (Å²) in [5.74, 6) is 1.17. The molecule has 1 amide bonds. The third kappa shape index (κ3) is 5.71. The first-order chi connectivity index (χ1) is 13.1. The molecule has 1 heterocycles. The van der Waals surface area contributed by atoms with Crippen LogP contribution >= 0.6 is 0 Å². The van der Waals surface area contributed by atoms with E-state index < -0.39 is 0 Å². The van der Waals surface area contributed by atoms with Crippen molar-refractivity contribution in [1.29, 1.82) is 0 Å². The van der Waals surface area contributed by atoms with Gasteiger partial charge in [-0.2, -0.15) is 0 Å². The van der Waals surface area contributed by atoms with E-state index in [2.05, 4.69) is 10.2 Å². The van der Waals surface area contributed by atoms with Gasteiger partial charge in [0.25, 0.3) is 0 Å². The molecular formula is C22H27FN2O2. The number of hydrogen-bond acceptors (Lipinski definition) is 3. The third-order valence-electron chi connectivity index (χ3n) is 4.94. The average Bonchev–Trinajstić information content (AvgIpc) is 3.16. The molecule has 1 unspecified atom stereocenters. The van der Waals surface area contributed by atoms with Crippen LogP contribution in [0.5, 0.6) is 5.75 Å². The summed E-state index contributed by atoms with van der Waals surface area (Å²) in [6.07, 6.45) is 2.25. The molecule has 0 bridgehead atoms. The Labute approximate surface area is 160 Å². The summed E-state index contributed by atoms with van der Waals surface area (Å²) in [4.78, 5) is 14.4. The van der Waals surface area contributed by atoms with Gasteiger partial charge in [-0.05, 0) is 67.6 Å². The molecule has 27 heavy (non-hydrogen) atoms. The fourth-order valence-corrected chi connectivity index (χ4v) is 3.41. The molecule has 1 aliphatic heterocycles. The van der Waals surface area contributed by atoms with Crippen molar-refractivity contribution in [2.45, 2.75) is 26.2 Å². The van der Waals surface area contributed by atoms with Crippen molar-refractivity contribution >= 4 is 11.6 Å². The number of amides is 1. The van der Waals surface area contributed by atoms with Crippen molar-refractivity contribution < 1.29 is 13.9 Å². The number of carbonyl (C=O) groups is 1. The van der Waals surface area contributed by atoms with Crippen LogP contribution in [0.15, 0.2) is 48.5 Å². The lowest BCUT2D eigenvalue weighted by molar-refractivity contribution is -0.121. The van der Waals surface area contributed by atoms with Gasteiger partial charge in [0, 0.05) is 31.7 Å². The number of halogens is 1. The van der Waals surface area contributed by atoms with Crippen LogP contribution in [0.25, 0.3) is 0 Å². The van der Waals surface area contributed by atoms with Crippen molar-refractivity contribution in [3.8, 4) is 5.75 Å². The minimum absolute atomic E-state index is 0.0871. The quantitative estimate of drug-likeness (QED) is 0.768. The number of benzene rings is 2. The number of carbonyl (C=O) groups excluding carboxylic acids is 1. The van der Waals surface area contributed by atoms with E-state index in [1.165, 1.54) is 12.1 Å². The fraction of sp³-hybridized carbons (Fsp3) is 0.409. The van der Waals surface area contributed by atoms with E-state index in [0.29, 0.717) is 25.5 Å². The summed E-state index contributed by atoms with van der Waals surface area (Å²) in [6, 6.07) is 14.5.